The number of fused-ring (bicyclic) bond motifs is 1. The number of hydrogen-bond acceptors (Lipinski definition) is 5. The predicted octanol–water partition coefficient (Wildman–Crippen LogP) is 4.41. The van der Waals surface area contributed by atoms with Crippen molar-refractivity contribution in [2.45, 2.75) is 25.8 Å². The van der Waals surface area contributed by atoms with Crippen LogP contribution in [-0.4, -0.2) is 47.4 Å². The van der Waals surface area contributed by atoms with Crippen LogP contribution in [0.3, 0.4) is 0 Å². The highest BCUT2D eigenvalue weighted by Crippen LogP contribution is 2.42. The van der Waals surface area contributed by atoms with Gasteiger partial charge in [-0.3, -0.25) is 9.59 Å². The largest absolute Gasteiger partial charge is 0.507 e. The number of amides is 1. The maximum Gasteiger partial charge on any atom is 0.295 e. The molecule has 7 heteroatoms. The molecule has 0 aliphatic carbocycles. The topological polar surface area (TPSA) is 91.9 Å². The molecule has 1 fully saturated rings. The minimum atomic E-state index is -0.727. The number of ether oxygens (including phenoxy) is 2. The molecule has 166 valence electrons. The molecule has 3 aromatic rings. The van der Waals surface area contributed by atoms with Crippen LogP contribution in [0.25, 0.3) is 16.7 Å². The van der Waals surface area contributed by atoms with Crippen molar-refractivity contribution in [1.29, 1.82) is 0 Å². The van der Waals surface area contributed by atoms with Gasteiger partial charge in [-0.05, 0) is 30.2 Å². The Balaban J connectivity index is 1.92. The van der Waals surface area contributed by atoms with Crippen LogP contribution in [0.1, 0.15) is 36.9 Å². The zero-order chi connectivity index (χ0) is 22.8. The summed E-state index contributed by atoms with van der Waals surface area (Å²) in [5.74, 6) is -0.473. The van der Waals surface area contributed by atoms with Gasteiger partial charge in [-0.1, -0.05) is 37.6 Å². The van der Waals surface area contributed by atoms with Crippen molar-refractivity contribution in [3.05, 3.63) is 65.4 Å². The van der Waals surface area contributed by atoms with Crippen molar-refractivity contribution in [3.8, 4) is 11.5 Å². The Bertz CT molecular complexity index is 1210. The van der Waals surface area contributed by atoms with Gasteiger partial charge in [0.1, 0.15) is 5.76 Å². The lowest BCUT2D eigenvalue weighted by atomic mass is 9.94. The average Bonchev–Trinajstić information content (AvgIpc) is 3.36. The van der Waals surface area contributed by atoms with E-state index in [0.29, 0.717) is 29.2 Å². The second-order valence-electron chi connectivity index (χ2n) is 7.71. The second-order valence-corrected chi connectivity index (χ2v) is 7.71. The van der Waals surface area contributed by atoms with E-state index in [-0.39, 0.29) is 11.3 Å². The molecule has 1 aliphatic rings. The highest BCUT2D eigenvalue weighted by Gasteiger charge is 2.46. The summed E-state index contributed by atoms with van der Waals surface area (Å²) in [4.78, 5) is 30.8. The first-order chi connectivity index (χ1) is 15.5. The number of unbranched alkanes of at least 4 members (excludes halogenated alkanes) is 1. The zero-order valence-electron chi connectivity index (χ0n) is 18.3. The summed E-state index contributed by atoms with van der Waals surface area (Å²) in [6, 6.07) is 12.0. The number of benzene rings is 2. The quantitative estimate of drug-likeness (QED) is 0.327. The number of hydrogen-bond donors (Lipinski definition) is 2. The molecule has 0 spiro atoms. The van der Waals surface area contributed by atoms with Gasteiger partial charge in [0.15, 0.2) is 11.5 Å². The van der Waals surface area contributed by atoms with Crippen molar-refractivity contribution in [1.82, 2.24) is 9.88 Å². The number of carbonyl (C=O) groups is 2. The Morgan fingerprint density at radius 1 is 1.09 bits per heavy atom. The van der Waals surface area contributed by atoms with Crippen LogP contribution >= 0.6 is 0 Å². The normalized spacial score (nSPS) is 17.8. The number of aliphatic hydroxyl groups excluding tert-OH is 1. The number of ketones is 1. The van der Waals surface area contributed by atoms with Gasteiger partial charge in [-0.15, -0.1) is 0 Å². The Morgan fingerprint density at radius 3 is 2.56 bits per heavy atom. The zero-order valence-corrected chi connectivity index (χ0v) is 18.3. The Kier molecular flexibility index (Phi) is 5.90. The Labute approximate surface area is 186 Å². The number of aromatic amines is 1. The molecule has 4 rings (SSSR count). The molecule has 1 saturated heterocycles. The van der Waals surface area contributed by atoms with Crippen molar-refractivity contribution in [2.75, 3.05) is 20.8 Å². The summed E-state index contributed by atoms with van der Waals surface area (Å²) in [5, 5.41) is 12.1. The number of H-pyrrole nitrogens is 1. The molecule has 1 aromatic heterocycles. The van der Waals surface area contributed by atoms with Crippen LogP contribution in [0.2, 0.25) is 0 Å². The summed E-state index contributed by atoms with van der Waals surface area (Å²) in [6.07, 6.45) is 3.26. The van der Waals surface area contributed by atoms with E-state index in [2.05, 4.69) is 4.98 Å². The van der Waals surface area contributed by atoms with Gasteiger partial charge < -0.3 is 24.5 Å². The summed E-state index contributed by atoms with van der Waals surface area (Å²) in [5.41, 5.74) is 2.05. The highest BCUT2D eigenvalue weighted by atomic mass is 16.5. The molecule has 7 nitrogen and oxygen atoms in total. The maximum atomic E-state index is 13.1. The number of para-hydroxylation sites is 1. The van der Waals surface area contributed by atoms with E-state index in [0.717, 1.165) is 23.7 Å². The van der Waals surface area contributed by atoms with Gasteiger partial charge >= 0.3 is 0 Å². The van der Waals surface area contributed by atoms with E-state index in [1.807, 2.05) is 31.2 Å². The summed E-state index contributed by atoms with van der Waals surface area (Å²) < 4.78 is 10.8. The van der Waals surface area contributed by atoms with Crippen molar-refractivity contribution < 1.29 is 24.2 Å². The first kappa shape index (κ1) is 21.5. The molecular formula is C25H26N2O5. The molecule has 1 unspecified atom stereocenters. The first-order valence-electron chi connectivity index (χ1n) is 10.6. The number of aliphatic hydroxyl groups is 1. The predicted molar refractivity (Wildman–Crippen MR) is 122 cm³/mol. The molecule has 0 radical (unpaired) electrons. The standard InChI is InChI=1S/C25H26N2O5/c1-4-5-12-27-22(15-10-11-19(31-2)20(13-15)32-3)21(24(29)25(27)30)23(28)17-14-26-18-9-7-6-8-16(17)18/h6-11,13-14,22,26,28H,4-5,12H2,1-3H3/b23-21-. The van der Waals surface area contributed by atoms with E-state index in [9.17, 15) is 14.7 Å². The third-order valence-electron chi connectivity index (χ3n) is 5.86. The van der Waals surface area contributed by atoms with Gasteiger partial charge in [0.05, 0.1) is 25.8 Å². The van der Waals surface area contributed by atoms with Gasteiger partial charge in [0, 0.05) is 29.2 Å². The Hall–Kier alpha value is -3.74. The third-order valence-corrected chi connectivity index (χ3v) is 5.86. The molecule has 2 aromatic carbocycles. The van der Waals surface area contributed by atoms with Crippen molar-refractivity contribution in [2.24, 2.45) is 0 Å². The SMILES string of the molecule is CCCCN1C(=O)C(=O)/C(=C(\O)c2c[nH]c3ccccc23)C1c1ccc(OC)c(OC)c1. The van der Waals surface area contributed by atoms with Gasteiger partial charge in [-0.2, -0.15) is 0 Å². The number of carbonyl (C=O) groups excluding carboxylic acids is 2. The van der Waals surface area contributed by atoms with E-state index in [4.69, 9.17) is 9.47 Å². The summed E-state index contributed by atoms with van der Waals surface area (Å²) >= 11 is 0. The summed E-state index contributed by atoms with van der Waals surface area (Å²) in [7, 11) is 3.07. The number of methoxy groups -OCH3 is 2. The molecule has 1 amide bonds. The maximum absolute atomic E-state index is 13.1. The van der Waals surface area contributed by atoms with E-state index >= 15 is 0 Å². The third kappa shape index (κ3) is 3.49. The first-order valence-corrected chi connectivity index (χ1v) is 10.6. The summed E-state index contributed by atoms with van der Waals surface area (Å²) in [6.45, 7) is 2.43. The monoisotopic (exact) mass is 434 g/mol. The van der Waals surface area contributed by atoms with E-state index < -0.39 is 17.7 Å². The lowest BCUT2D eigenvalue weighted by Gasteiger charge is -2.25. The minimum Gasteiger partial charge on any atom is -0.507 e. The molecule has 0 saturated carbocycles. The van der Waals surface area contributed by atoms with Crippen LogP contribution in [0.5, 0.6) is 11.5 Å². The van der Waals surface area contributed by atoms with Crippen LogP contribution in [0.15, 0.2) is 54.2 Å². The fourth-order valence-electron chi connectivity index (χ4n) is 4.22. The number of nitrogens with one attached hydrogen (secondary N) is 1. The lowest BCUT2D eigenvalue weighted by molar-refractivity contribution is -0.139. The van der Waals surface area contributed by atoms with Crippen LogP contribution < -0.4 is 9.47 Å². The van der Waals surface area contributed by atoms with Crippen LogP contribution in [-0.2, 0) is 9.59 Å². The number of likely N-dealkylation sites (tertiary alicyclic amines) is 1. The van der Waals surface area contributed by atoms with E-state index in [1.165, 1.54) is 12.0 Å². The number of Topliss-reactive ketones (excluding diaryl/α,β-unsaturated/α-hetero) is 1. The van der Waals surface area contributed by atoms with E-state index in [1.54, 1.807) is 31.5 Å². The van der Waals surface area contributed by atoms with Crippen LogP contribution in [0.4, 0.5) is 0 Å². The molecular weight excluding hydrogens is 408 g/mol. The van der Waals surface area contributed by atoms with Crippen molar-refractivity contribution >= 4 is 28.4 Å². The minimum absolute atomic E-state index is 0.0723. The molecule has 1 aliphatic heterocycles. The highest BCUT2D eigenvalue weighted by molar-refractivity contribution is 6.46. The van der Waals surface area contributed by atoms with Gasteiger partial charge in [0.25, 0.3) is 11.7 Å². The lowest BCUT2D eigenvalue weighted by Crippen LogP contribution is -2.30. The molecule has 1 atom stereocenters. The molecule has 2 heterocycles. The van der Waals surface area contributed by atoms with Gasteiger partial charge in [-0.25, -0.2) is 0 Å². The fourth-order valence-corrected chi connectivity index (χ4v) is 4.22. The molecule has 2 N–H and O–H groups in total. The fraction of sp³-hybridized carbons (Fsp3) is 0.280. The van der Waals surface area contributed by atoms with Crippen molar-refractivity contribution in [3.63, 3.8) is 0 Å². The number of nitrogens with zero attached hydrogens (tertiary/aromatic N) is 1. The second kappa shape index (κ2) is 8.78. The average molecular weight is 434 g/mol. The van der Waals surface area contributed by atoms with Gasteiger partial charge in [0.2, 0.25) is 0 Å². The number of rotatable bonds is 7. The van der Waals surface area contributed by atoms with Crippen LogP contribution in [0, 0.1) is 0 Å². The molecule has 0 bridgehead atoms. The number of aromatic nitrogens is 1. The Morgan fingerprint density at radius 2 is 1.84 bits per heavy atom. The smallest absolute Gasteiger partial charge is 0.295 e. The molecule has 32 heavy (non-hydrogen) atoms.